The van der Waals surface area contributed by atoms with Gasteiger partial charge in [-0.2, -0.15) is 0 Å². The van der Waals surface area contributed by atoms with Crippen LogP contribution in [-0.4, -0.2) is 35.0 Å². The summed E-state index contributed by atoms with van der Waals surface area (Å²) in [4.78, 5) is 4.30. The van der Waals surface area contributed by atoms with Crippen LogP contribution in [0.1, 0.15) is 36.4 Å². The maximum absolute atomic E-state index is 5.81. The lowest BCUT2D eigenvalue weighted by molar-refractivity contribution is -0.0661. The SMILES string of the molecule is CCOC1(c2nnc(/C=C/c3ncccc3C)o2)CCOC1. The minimum atomic E-state index is -0.602. The van der Waals surface area contributed by atoms with Gasteiger partial charge in [-0.15, -0.1) is 10.2 Å². The molecule has 1 aliphatic heterocycles. The smallest absolute Gasteiger partial charge is 0.251 e. The van der Waals surface area contributed by atoms with Crippen LogP contribution >= 0.6 is 0 Å². The van der Waals surface area contributed by atoms with Crippen LogP contribution in [0.15, 0.2) is 22.7 Å². The third-order valence-corrected chi connectivity index (χ3v) is 3.67. The first-order chi connectivity index (χ1) is 10.7. The van der Waals surface area contributed by atoms with Crippen molar-refractivity contribution in [2.24, 2.45) is 0 Å². The third-order valence-electron chi connectivity index (χ3n) is 3.67. The number of hydrogen-bond donors (Lipinski definition) is 0. The zero-order valence-corrected chi connectivity index (χ0v) is 12.8. The molecule has 0 amide bonds. The van der Waals surface area contributed by atoms with Crippen molar-refractivity contribution in [1.29, 1.82) is 0 Å². The molecule has 1 atom stereocenters. The van der Waals surface area contributed by atoms with Gasteiger partial charge in [0.05, 0.1) is 18.9 Å². The van der Waals surface area contributed by atoms with Gasteiger partial charge < -0.3 is 13.9 Å². The minimum Gasteiger partial charge on any atom is -0.418 e. The molecule has 0 radical (unpaired) electrons. The Kier molecular flexibility index (Phi) is 4.31. The maximum atomic E-state index is 5.81. The first-order valence-electron chi connectivity index (χ1n) is 7.39. The summed E-state index contributed by atoms with van der Waals surface area (Å²) in [6.07, 6.45) is 6.11. The highest BCUT2D eigenvalue weighted by Gasteiger charge is 2.42. The van der Waals surface area contributed by atoms with Crippen LogP contribution in [0.25, 0.3) is 12.2 Å². The van der Waals surface area contributed by atoms with E-state index >= 15 is 0 Å². The Morgan fingerprint density at radius 3 is 3.00 bits per heavy atom. The quantitative estimate of drug-likeness (QED) is 0.845. The zero-order chi connectivity index (χ0) is 15.4. The van der Waals surface area contributed by atoms with Crippen LogP contribution in [0.5, 0.6) is 0 Å². The summed E-state index contributed by atoms with van der Waals surface area (Å²) in [5.41, 5.74) is 1.37. The van der Waals surface area contributed by atoms with Gasteiger partial charge in [-0.1, -0.05) is 6.07 Å². The van der Waals surface area contributed by atoms with E-state index in [1.165, 1.54) is 0 Å². The standard InChI is InChI=1S/C16H19N3O3/c1-3-21-16(8-10-20-11-16)15-19-18-14(22-15)7-6-13-12(2)5-4-9-17-13/h4-7,9H,3,8,10-11H2,1-2H3/b7-6+. The van der Waals surface area contributed by atoms with E-state index in [1.54, 1.807) is 12.3 Å². The monoisotopic (exact) mass is 301 g/mol. The molecular weight excluding hydrogens is 282 g/mol. The molecule has 1 unspecified atom stereocenters. The summed E-state index contributed by atoms with van der Waals surface area (Å²) in [7, 11) is 0. The fourth-order valence-corrected chi connectivity index (χ4v) is 2.48. The highest BCUT2D eigenvalue weighted by atomic mass is 16.6. The lowest BCUT2D eigenvalue weighted by Crippen LogP contribution is -2.30. The van der Waals surface area contributed by atoms with E-state index < -0.39 is 5.60 Å². The van der Waals surface area contributed by atoms with Gasteiger partial charge in [0.15, 0.2) is 5.60 Å². The summed E-state index contributed by atoms with van der Waals surface area (Å²) in [6, 6.07) is 3.91. The van der Waals surface area contributed by atoms with Gasteiger partial charge in [0.1, 0.15) is 0 Å². The normalized spacial score (nSPS) is 21.7. The predicted molar refractivity (Wildman–Crippen MR) is 80.9 cm³/mol. The van der Waals surface area contributed by atoms with Gasteiger partial charge in [0.2, 0.25) is 5.89 Å². The Labute approximate surface area is 129 Å². The number of nitrogens with zero attached hydrogens (tertiary/aromatic N) is 3. The second-order valence-electron chi connectivity index (χ2n) is 5.21. The molecule has 6 heteroatoms. The Morgan fingerprint density at radius 1 is 1.36 bits per heavy atom. The number of hydrogen-bond acceptors (Lipinski definition) is 6. The molecule has 0 spiro atoms. The first kappa shape index (κ1) is 14.9. The Balaban J connectivity index is 1.80. The summed E-state index contributed by atoms with van der Waals surface area (Å²) in [5.74, 6) is 0.912. The van der Waals surface area contributed by atoms with Crippen molar-refractivity contribution in [3.63, 3.8) is 0 Å². The number of rotatable bonds is 5. The average molecular weight is 301 g/mol. The van der Waals surface area contributed by atoms with Crippen molar-refractivity contribution in [1.82, 2.24) is 15.2 Å². The Morgan fingerprint density at radius 2 is 2.27 bits per heavy atom. The van der Waals surface area contributed by atoms with Gasteiger partial charge in [-0.25, -0.2) is 0 Å². The average Bonchev–Trinajstić information content (AvgIpc) is 3.17. The molecule has 3 rings (SSSR count). The zero-order valence-electron chi connectivity index (χ0n) is 12.8. The lowest BCUT2D eigenvalue weighted by atomic mass is 10.0. The molecule has 6 nitrogen and oxygen atoms in total. The largest absolute Gasteiger partial charge is 0.418 e. The molecule has 0 N–H and O–H groups in total. The molecule has 1 aliphatic rings. The fourth-order valence-electron chi connectivity index (χ4n) is 2.48. The molecule has 2 aromatic rings. The number of aryl methyl sites for hydroxylation is 1. The number of aromatic nitrogens is 3. The van der Waals surface area contributed by atoms with Gasteiger partial charge >= 0.3 is 0 Å². The Hall–Kier alpha value is -2.05. The van der Waals surface area contributed by atoms with Crippen LogP contribution in [0.3, 0.4) is 0 Å². The second-order valence-corrected chi connectivity index (χ2v) is 5.21. The number of pyridine rings is 1. The molecule has 22 heavy (non-hydrogen) atoms. The van der Waals surface area contributed by atoms with Gasteiger partial charge in [-0.3, -0.25) is 4.98 Å². The van der Waals surface area contributed by atoms with Crippen LogP contribution in [0.2, 0.25) is 0 Å². The second kappa shape index (κ2) is 6.37. The van der Waals surface area contributed by atoms with Crippen molar-refractivity contribution in [2.75, 3.05) is 19.8 Å². The van der Waals surface area contributed by atoms with Crippen LogP contribution in [0.4, 0.5) is 0 Å². The first-order valence-corrected chi connectivity index (χ1v) is 7.39. The van der Waals surface area contributed by atoms with Gasteiger partial charge in [0, 0.05) is 25.3 Å². The van der Waals surface area contributed by atoms with E-state index in [2.05, 4.69) is 15.2 Å². The molecular formula is C16H19N3O3. The predicted octanol–water partition coefficient (Wildman–Crippen LogP) is 2.60. The van der Waals surface area contributed by atoms with E-state index in [0.717, 1.165) is 17.7 Å². The van der Waals surface area contributed by atoms with Crippen molar-refractivity contribution < 1.29 is 13.9 Å². The van der Waals surface area contributed by atoms with Crippen molar-refractivity contribution in [3.8, 4) is 0 Å². The van der Waals surface area contributed by atoms with Crippen LogP contribution in [-0.2, 0) is 15.1 Å². The van der Waals surface area contributed by atoms with E-state index in [9.17, 15) is 0 Å². The highest BCUT2D eigenvalue weighted by Crippen LogP contribution is 2.33. The minimum absolute atomic E-state index is 0.436. The molecule has 2 aromatic heterocycles. The van der Waals surface area contributed by atoms with Crippen molar-refractivity contribution >= 4 is 12.2 Å². The summed E-state index contributed by atoms with van der Waals surface area (Å²) in [6.45, 7) is 5.61. The summed E-state index contributed by atoms with van der Waals surface area (Å²) in [5, 5.41) is 8.20. The van der Waals surface area contributed by atoms with Crippen LogP contribution in [0, 0.1) is 6.92 Å². The Bertz CT molecular complexity index is 660. The van der Waals surface area contributed by atoms with E-state index in [4.69, 9.17) is 13.9 Å². The van der Waals surface area contributed by atoms with Gasteiger partial charge in [-0.05, 0) is 31.6 Å². The van der Waals surface area contributed by atoms with Crippen molar-refractivity contribution in [3.05, 3.63) is 41.4 Å². The van der Waals surface area contributed by atoms with E-state index in [0.29, 0.717) is 31.6 Å². The molecule has 1 fully saturated rings. The fraction of sp³-hybridized carbons (Fsp3) is 0.438. The molecule has 0 aliphatic carbocycles. The van der Waals surface area contributed by atoms with E-state index in [-0.39, 0.29) is 0 Å². The molecule has 116 valence electrons. The molecule has 0 bridgehead atoms. The lowest BCUT2D eigenvalue weighted by Gasteiger charge is -2.22. The molecule has 3 heterocycles. The highest BCUT2D eigenvalue weighted by molar-refractivity contribution is 5.65. The van der Waals surface area contributed by atoms with E-state index in [1.807, 2.05) is 32.1 Å². The number of ether oxygens (including phenoxy) is 2. The maximum Gasteiger partial charge on any atom is 0.251 e. The molecule has 0 aromatic carbocycles. The van der Waals surface area contributed by atoms with Crippen LogP contribution < -0.4 is 0 Å². The molecule has 0 saturated carbocycles. The molecule has 1 saturated heterocycles. The van der Waals surface area contributed by atoms with Crippen molar-refractivity contribution in [2.45, 2.75) is 25.9 Å². The topological polar surface area (TPSA) is 70.3 Å². The van der Waals surface area contributed by atoms with Gasteiger partial charge in [0.25, 0.3) is 5.89 Å². The summed E-state index contributed by atoms with van der Waals surface area (Å²) >= 11 is 0. The third kappa shape index (κ3) is 2.93. The summed E-state index contributed by atoms with van der Waals surface area (Å²) < 4.78 is 17.0.